The lowest BCUT2D eigenvalue weighted by Crippen LogP contribution is -2.42. The van der Waals surface area contributed by atoms with Crippen LogP contribution in [0.5, 0.6) is 0 Å². The zero-order chi connectivity index (χ0) is 19.9. The fourth-order valence-electron chi connectivity index (χ4n) is 2.44. The number of rotatable bonds is 6. The monoisotopic (exact) mass is 395 g/mol. The van der Waals surface area contributed by atoms with Crippen LogP contribution in [-0.2, 0) is 24.0 Å². The van der Waals surface area contributed by atoms with E-state index in [9.17, 15) is 9.59 Å². The van der Waals surface area contributed by atoms with Gasteiger partial charge in [-0.3, -0.25) is 20.4 Å². The van der Waals surface area contributed by atoms with Crippen molar-refractivity contribution in [3.8, 4) is 0 Å². The lowest BCUT2D eigenvalue weighted by atomic mass is 10.1. The van der Waals surface area contributed by atoms with E-state index in [2.05, 4.69) is 21.0 Å². The van der Waals surface area contributed by atoms with Crippen LogP contribution in [0, 0.1) is 6.92 Å². The third kappa shape index (κ3) is 5.43. The van der Waals surface area contributed by atoms with E-state index in [0.29, 0.717) is 5.56 Å². The summed E-state index contributed by atoms with van der Waals surface area (Å²) in [5.74, 6) is 0.0977. The number of aromatic nitrogens is 3. The van der Waals surface area contributed by atoms with Crippen molar-refractivity contribution in [3.05, 3.63) is 77.1 Å². The largest absolute Gasteiger partial charge is 0.312 e. The number of nitrogens with one attached hydrogen (secondary N) is 2. The number of hydrazine groups is 1. The summed E-state index contributed by atoms with van der Waals surface area (Å²) in [6.07, 6.45) is 1.86. The van der Waals surface area contributed by atoms with Crippen LogP contribution >= 0.6 is 11.8 Å². The van der Waals surface area contributed by atoms with Crippen LogP contribution < -0.4 is 10.9 Å². The van der Waals surface area contributed by atoms with Crippen LogP contribution in [0.25, 0.3) is 0 Å². The molecule has 0 saturated heterocycles. The summed E-state index contributed by atoms with van der Waals surface area (Å²) in [5, 5.41) is 8.70. The second-order valence-electron chi connectivity index (χ2n) is 6.37. The number of carbonyl (C=O) groups is 2. The van der Waals surface area contributed by atoms with Crippen molar-refractivity contribution in [3.63, 3.8) is 0 Å². The van der Waals surface area contributed by atoms with Gasteiger partial charge in [0, 0.05) is 18.4 Å². The molecule has 8 heteroatoms. The zero-order valence-corrected chi connectivity index (χ0v) is 16.5. The van der Waals surface area contributed by atoms with Crippen molar-refractivity contribution >= 4 is 23.6 Å². The van der Waals surface area contributed by atoms with Crippen LogP contribution in [0.4, 0.5) is 0 Å². The summed E-state index contributed by atoms with van der Waals surface area (Å²) in [6.45, 7) is 1.99. The summed E-state index contributed by atoms with van der Waals surface area (Å²) >= 11 is 1.57. The highest BCUT2D eigenvalue weighted by Crippen LogP contribution is 2.20. The van der Waals surface area contributed by atoms with Gasteiger partial charge < -0.3 is 4.57 Å². The molecule has 0 bridgehead atoms. The molecule has 0 fully saturated rings. The molecule has 1 aromatic heterocycles. The van der Waals surface area contributed by atoms with Gasteiger partial charge in [-0.15, -0.1) is 10.2 Å². The minimum atomic E-state index is -0.357. The first-order valence-electron chi connectivity index (χ1n) is 8.72. The van der Waals surface area contributed by atoms with Gasteiger partial charge in [0.05, 0.1) is 6.42 Å². The Balaban J connectivity index is 1.46. The molecule has 2 N–H and O–H groups in total. The Kier molecular flexibility index (Phi) is 6.44. The van der Waals surface area contributed by atoms with E-state index < -0.39 is 0 Å². The van der Waals surface area contributed by atoms with Crippen molar-refractivity contribution in [2.24, 2.45) is 7.05 Å². The molecule has 0 aliphatic heterocycles. The van der Waals surface area contributed by atoms with Gasteiger partial charge in [0.25, 0.3) is 5.91 Å². The van der Waals surface area contributed by atoms with Gasteiger partial charge in [0.2, 0.25) is 5.91 Å². The molecule has 0 spiro atoms. The van der Waals surface area contributed by atoms with E-state index in [1.54, 1.807) is 30.2 Å². The fraction of sp³-hybridized carbons (Fsp3) is 0.200. The van der Waals surface area contributed by atoms with Gasteiger partial charge in [0.1, 0.15) is 6.33 Å². The number of thioether (sulfide) groups is 1. The van der Waals surface area contributed by atoms with Crippen LogP contribution in [-0.4, -0.2) is 26.6 Å². The number of amides is 2. The molecular weight excluding hydrogens is 374 g/mol. The van der Waals surface area contributed by atoms with Crippen molar-refractivity contribution in [2.75, 3.05) is 0 Å². The van der Waals surface area contributed by atoms with Crippen molar-refractivity contribution in [2.45, 2.75) is 24.3 Å². The normalized spacial score (nSPS) is 10.5. The summed E-state index contributed by atoms with van der Waals surface area (Å²) in [6, 6.07) is 14.9. The van der Waals surface area contributed by atoms with E-state index in [4.69, 9.17) is 0 Å². The SMILES string of the molecule is Cc1ccc(CC(=O)NNC(=O)c2ccc(CSc3nncn3C)cc2)cc1. The van der Waals surface area contributed by atoms with E-state index in [1.165, 1.54) is 0 Å². The van der Waals surface area contributed by atoms with Crippen LogP contribution in [0.1, 0.15) is 27.0 Å². The molecule has 2 amide bonds. The van der Waals surface area contributed by atoms with E-state index in [-0.39, 0.29) is 18.2 Å². The first kappa shape index (κ1) is 19.6. The lowest BCUT2D eigenvalue weighted by molar-refractivity contribution is -0.121. The third-order valence-electron chi connectivity index (χ3n) is 4.05. The van der Waals surface area contributed by atoms with Crippen LogP contribution in [0.2, 0.25) is 0 Å². The smallest absolute Gasteiger partial charge is 0.269 e. The Morgan fingerprint density at radius 2 is 1.68 bits per heavy atom. The Labute approximate surface area is 167 Å². The molecule has 2 aromatic carbocycles. The van der Waals surface area contributed by atoms with Crippen LogP contribution in [0.15, 0.2) is 60.0 Å². The van der Waals surface area contributed by atoms with Gasteiger partial charge in [-0.25, -0.2) is 0 Å². The average Bonchev–Trinajstić information content (AvgIpc) is 3.11. The van der Waals surface area contributed by atoms with Gasteiger partial charge in [-0.1, -0.05) is 53.7 Å². The van der Waals surface area contributed by atoms with Crippen molar-refractivity contribution in [1.82, 2.24) is 25.6 Å². The quantitative estimate of drug-likeness (QED) is 0.494. The Morgan fingerprint density at radius 1 is 1.00 bits per heavy atom. The molecule has 0 aliphatic rings. The Morgan fingerprint density at radius 3 is 2.32 bits per heavy atom. The Bertz CT molecular complexity index is 951. The van der Waals surface area contributed by atoms with Crippen LogP contribution in [0.3, 0.4) is 0 Å². The minimum absolute atomic E-state index is 0.207. The van der Waals surface area contributed by atoms with E-state index in [0.717, 1.165) is 27.6 Å². The zero-order valence-electron chi connectivity index (χ0n) is 15.7. The summed E-state index contributed by atoms with van der Waals surface area (Å²) in [4.78, 5) is 24.2. The lowest BCUT2D eigenvalue weighted by Gasteiger charge is -2.08. The number of hydrogen-bond acceptors (Lipinski definition) is 5. The molecular formula is C20H21N5O2S. The predicted molar refractivity (Wildman–Crippen MR) is 107 cm³/mol. The standard InChI is InChI=1S/C20H21N5O2S/c1-14-3-5-15(6-4-14)11-18(26)22-23-19(27)17-9-7-16(8-10-17)12-28-20-24-21-13-25(20)2/h3-10,13H,11-12H2,1-2H3,(H,22,26)(H,23,27). The predicted octanol–water partition coefficient (Wildman–Crippen LogP) is 2.42. The van der Waals surface area contributed by atoms with Crippen molar-refractivity contribution in [1.29, 1.82) is 0 Å². The Hall–Kier alpha value is -3.13. The third-order valence-corrected chi connectivity index (χ3v) is 5.16. The molecule has 3 aromatic rings. The topological polar surface area (TPSA) is 88.9 Å². The molecule has 28 heavy (non-hydrogen) atoms. The molecule has 144 valence electrons. The number of aryl methyl sites for hydroxylation is 2. The van der Waals surface area contributed by atoms with E-state index >= 15 is 0 Å². The summed E-state index contributed by atoms with van der Waals surface area (Å²) in [5.41, 5.74) is 8.46. The fourth-order valence-corrected chi connectivity index (χ4v) is 3.28. The van der Waals surface area contributed by atoms with Gasteiger partial charge in [-0.2, -0.15) is 0 Å². The molecule has 0 unspecified atom stereocenters. The molecule has 0 radical (unpaired) electrons. The highest BCUT2D eigenvalue weighted by Gasteiger charge is 2.09. The molecule has 0 saturated carbocycles. The number of carbonyl (C=O) groups excluding carboxylic acids is 2. The second-order valence-corrected chi connectivity index (χ2v) is 7.32. The first-order valence-corrected chi connectivity index (χ1v) is 9.70. The molecule has 0 atom stereocenters. The van der Waals surface area contributed by atoms with Crippen molar-refractivity contribution < 1.29 is 9.59 Å². The second kappa shape index (κ2) is 9.18. The first-order chi connectivity index (χ1) is 13.5. The number of nitrogens with zero attached hydrogens (tertiary/aromatic N) is 3. The molecule has 3 rings (SSSR count). The average molecular weight is 395 g/mol. The maximum Gasteiger partial charge on any atom is 0.269 e. The molecule has 1 heterocycles. The van der Waals surface area contributed by atoms with E-state index in [1.807, 2.05) is 54.9 Å². The molecule has 7 nitrogen and oxygen atoms in total. The molecule has 0 aliphatic carbocycles. The van der Waals surface area contributed by atoms with Gasteiger partial charge in [0.15, 0.2) is 5.16 Å². The summed E-state index contributed by atoms with van der Waals surface area (Å²) in [7, 11) is 1.89. The maximum atomic E-state index is 12.2. The maximum absolute atomic E-state index is 12.2. The number of benzene rings is 2. The summed E-state index contributed by atoms with van der Waals surface area (Å²) < 4.78 is 1.85. The highest BCUT2D eigenvalue weighted by atomic mass is 32.2. The number of hydrogen-bond donors (Lipinski definition) is 2. The minimum Gasteiger partial charge on any atom is -0.312 e. The van der Waals surface area contributed by atoms with Gasteiger partial charge in [-0.05, 0) is 30.2 Å². The van der Waals surface area contributed by atoms with Gasteiger partial charge >= 0.3 is 0 Å². The highest BCUT2D eigenvalue weighted by molar-refractivity contribution is 7.98.